The van der Waals surface area contributed by atoms with E-state index in [-0.39, 0.29) is 22.0 Å². The van der Waals surface area contributed by atoms with Gasteiger partial charge in [0.15, 0.2) is 0 Å². The molecule has 1 aliphatic rings. The Hall–Kier alpha value is -0.340. The molecule has 1 aromatic rings. The molecule has 0 spiro atoms. The number of benzene rings is 1. The first kappa shape index (κ1) is 17.0. The van der Waals surface area contributed by atoms with Crippen molar-refractivity contribution in [2.75, 3.05) is 7.11 Å². The Bertz CT molecular complexity index is 616. The van der Waals surface area contributed by atoms with Gasteiger partial charge in [0.2, 0.25) is 10.0 Å². The fraction of sp³-hybridized carbons (Fsp3) is 0.538. The SMILES string of the molecule is COc1cc(Br)c(S(=O)(=O)NC2CCC(N)CC2)cc1Cl. The van der Waals surface area contributed by atoms with Crippen molar-refractivity contribution < 1.29 is 13.2 Å². The van der Waals surface area contributed by atoms with Gasteiger partial charge in [-0.05, 0) is 53.7 Å². The van der Waals surface area contributed by atoms with Gasteiger partial charge in [-0.15, -0.1) is 0 Å². The van der Waals surface area contributed by atoms with E-state index in [4.69, 9.17) is 22.1 Å². The molecule has 0 unspecified atom stereocenters. The molecule has 1 aliphatic carbocycles. The highest BCUT2D eigenvalue weighted by Crippen LogP contribution is 2.34. The van der Waals surface area contributed by atoms with Crippen LogP contribution >= 0.6 is 27.5 Å². The number of hydrogen-bond donors (Lipinski definition) is 2. The van der Waals surface area contributed by atoms with E-state index in [1.54, 1.807) is 6.07 Å². The predicted molar refractivity (Wildman–Crippen MR) is 86.3 cm³/mol. The lowest BCUT2D eigenvalue weighted by Gasteiger charge is -2.26. The Morgan fingerprint density at radius 3 is 2.52 bits per heavy atom. The number of nitrogens with two attached hydrogens (primary N) is 1. The van der Waals surface area contributed by atoms with Gasteiger partial charge in [0, 0.05) is 16.6 Å². The lowest BCUT2D eigenvalue weighted by Crippen LogP contribution is -2.40. The van der Waals surface area contributed by atoms with Crippen LogP contribution < -0.4 is 15.2 Å². The number of ether oxygens (including phenoxy) is 1. The summed E-state index contributed by atoms with van der Waals surface area (Å²) in [5, 5.41) is 0.256. The Morgan fingerprint density at radius 2 is 1.95 bits per heavy atom. The van der Waals surface area contributed by atoms with Crippen molar-refractivity contribution in [2.24, 2.45) is 5.73 Å². The van der Waals surface area contributed by atoms with Gasteiger partial charge in [0.25, 0.3) is 0 Å². The van der Waals surface area contributed by atoms with Crippen molar-refractivity contribution in [3.05, 3.63) is 21.6 Å². The highest BCUT2D eigenvalue weighted by Gasteiger charge is 2.26. The molecule has 2 rings (SSSR count). The van der Waals surface area contributed by atoms with Gasteiger partial charge < -0.3 is 10.5 Å². The zero-order valence-electron chi connectivity index (χ0n) is 11.6. The van der Waals surface area contributed by atoms with E-state index in [0.29, 0.717) is 10.2 Å². The molecule has 0 atom stereocenters. The zero-order valence-corrected chi connectivity index (χ0v) is 14.8. The zero-order chi connectivity index (χ0) is 15.6. The number of rotatable bonds is 4. The third kappa shape index (κ3) is 4.10. The molecule has 5 nitrogen and oxygen atoms in total. The summed E-state index contributed by atoms with van der Waals surface area (Å²) in [6, 6.07) is 3.03. The lowest BCUT2D eigenvalue weighted by molar-refractivity contribution is 0.373. The fourth-order valence-electron chi connectivity index (χ4n) is 2.39. The number of sulfonamides is 1. The van der Waals surface area contributed by atoms with Crippen LogP contribution in [0, 0.1) is 0 Å². The minimum atomic E-state index is -3.63. The summed E-state index contributed by atoms with van der Waals surface area (Å²) in [6.45, 7) is 0. The summed E-state index contributed by atoms with van der Waals surface area (Å²) in [5.74, 6) is 0.422. The molecule has 21 heavy (non-hydrogen) atoms. The highest BCUT2D eigenvalue weighted by molar-refractivity contribution is 9.10. The Kier molecular flexibility index (Phi) is 5.54. The van der Waals surface area contributed by atoms with Crippen LogP contribution in [-0.4, -0.2) is 27.6 Å². The molecule has 0 heterocycles. The van der Waals surface area contributed by atoms with Gasteiger partial charge in [-0.25, -0.2) is 13.1 Å². The summed E-state index contributed by atoms with van der Waals surface area (Å²) in [6.07, 6.45) is 3.17. The molecule has 0 bridgehead atoms. The summed E-state index contributed by atoms with van der Waals surface area (Å²) >= 11 is 9.27. The number of nitrogens with one attached hydrogen (secondary N) is 1. The maximum absolute atomic E-state index is 12.5. The molecule has 8 heteroatoms. The molecule has 0 aromatic heterocycles. The third-order valence-electron chi connectivity index (χ3n) is 3.59. The van der Waals surface area contributed by atoms with Gasteiger partial charge in [0.05, 0.1) is 17.0 Å². The normalized spacial score (nSPS) is 23.0. The Morgan fingerprint density at radius 1 is 1.33 bits per heavy atom. The van der Waals surface area contributed by atoms with Crippen LogP contribution in [0.15, 0.2) is 21.5 Å². The molecule has 0 amide bonds. The highest BCUT2D eigenvalue weighted by atomic mass is 79.9. The maximum atomic E-state index is 12.5. The first-order chi connectivity index (χ1) is 9.83. The van der Waals surface area contributed by atoms with E-state index in [9.17, 15) is 8.42 Å². The van der Waals surface area contributed by atoms with Crippen LogP contribution in [0.5, 0.6) is 5.75 Å². The van der Waals surface area contributed by atoms with E-state index in [1.165, 1.54) is 13.2 Å². The van der Waals surface area contributed by atoms with Crippen LogP contribution in [0.4, 0.5) is 0 Å². The molecule has 118 valence electrons. The maximum Gasteiger partial charge on any atom is 0.241 e. The van der Waals surface area contributed by atoms with Gasteiger partial charge >= 0.3 is 0 Å². The molecule has 0 radical (unpaired) electrons. The molecule has 1 saturated carbocycles. The van der Waals surface area contributed by atoms with Crippen LogP contribution in [0.2, 0.25) is 5.02 Å². The monoisotopic (exact) mass is 396 g/mol. The molecule has 1 fully saturated rings. The fourth-order valence-corrected chi connectivity index (χ4v) is 5.05. The lowest BCUT2D eigenvalue weighted by atomic mass is 9.93. The number of hydrogen-bond acceptors (Lipinski definition) is 4. The van der Waals surface area contributed by atoms with Crippen LogP contribution in [0.3, 0.4) is 0 Å². The van der Waals surface area contributed by atoms with E-state index in [1.807, 2.05) is 0 Å². The molecular weight excluding hydrogens is 380 g/mol. The van der Waals surface area contributed by atoms with Crippen LogP contribution in [0.1, 0.15) is 25.7 Å². The summed E-state index contributed by atoms with van der Waals surface area (Å²) in [5.41, 5.74) is 5.83. The molecule has 1 aromatic carbocycles. The van der Waals surface area contributed by atoms with Crippen molar-refractivity contribution in [3.8, 4) is 5.75 Å². The molecular formula is C13H18BrClN2O3S. The average molecular weight is 398 g/mol. The van der Waals surface area contributed by atoms with E-state index in [0.717, 1.165) is 25.7 Å². The first-order valence-corrected chi connectivity index (χ1v) is 9.30. The minimum absolute atomic E-state index is 0.0809. The standard InChI is InChI=1S/C13H18BrClN2O3S/c1-20-12-6-10(14)13(7-11(12)15)21(18,19)17-9-4-2-8(16)3-5-9/h6-9,17H,2-5,16H2,1H3. The van der Waals surface area contributed by atoms with Gasteiger partial charge in [0.1, 0.15) is 5.75 Å². The predicted octanol–water partition coefficient (Wildman–Crippen LogP) is 2.66. The van der Waals surface area contributed by atoms with Crippen molar-refractivity contribution in [1.29, 1.82) is 0 Å². The van der Waals surface area contributed by atoms with E-state index < -0.39 is 10.0 Å². The Labute approximate surface area is 138 Å². The second-order valence-electron chi connectivity index (χ2n) is 5.15. The third-order valence-corrected chi connectivity index (χ3v) is 6.36. The van der Waals surface area contributed by atoms with Crippen molar-refractivity contribution in [3.63, 3.8) is 0 Å². The van der Waals surface area contributed by atoms with Crippen LogP contribution in [0.25, 0.3) is 0 Å². The summed E-state index contributed by atoms with van der Waals surface area (Å²) in [7, 11) is -2.16. The molecule has 0 saturated heterocycles. The first-order valence-electron chi connectivity index (χ1n) is 6.64. The van der Waals surface area contributed by atoms with Crippen molar-refractivity contribution >= 4 is 37.6 Å². The topological polar surface area (TPSA) is 81.4 Å². The van der Waals surface area contributed by atoms with Crippen LogP contribution in [-0.2, 0) is 10.0 Å². The Balaban J connectivity index is 2.21. The minimum Gasteiger partial charge on any atom is -0.495 e. The average Bonchev–Trinajstić information content (AvgIpc) is 2.43. The second-order valence-corrected chi connectivity index (χ2v) is 8.09. The van der Waals surface area contributed by atoms with Crippen molar-refractivity contribution in [2.45, 2.75) is 42.7 Å². The molecule has 0 aliphatic heterocycles. The quantitative estimate of drug-likeness (QED) is 0.818. The number of halogens is 2. The second kappa shape index (κ2) is 6.83. The van der Waals surface area contributed by atoms with E-state index in [2.05, 4.69) is 20.7 Å². The number of methoxy groups -OCH3 is 1. The van der Waals surface area contributed by atoms with Gasteiger partial charge in [-0.1, -0.05) is 11.6 Å². The van der Waals surface area contributed by atoms with Gasteiger partial charge in [-0.3, -0.25) is 0 Å². The van der Waals surface area contributed by atoms with Gasteiger partial charge in [-0.2, -0.15) is 0 Å². The molecule has 3 N–H and O–H groups in total. The van der Waals surface area contributed by atoms with Crippen molar-refractivity contribution in [1.82, 2.24) is 4.72 Å². The largest absolute Gasteiger partial charge is 0.495 e. The van der Waals surface area contributed by atoms with E-state index >= 15 is 0 Å². The smallest absolute Gasteiger partial charge is 0.241 e. The summed E-state index contributed by atoms with van der Waals surface area (Å²) < 4.78 is 33.2. The summed E-state index contributed by atoms with van der Waals surface area (Å²) in [4.78, 5) is 0.114.